The fraction of sp³-hybridized carbons (Fsp3) is 0.500. The molecule has 0 amide bonds. The maximum atomic E-state index is 4.73. The Kier molecular flexibility index (Phi) is 11.5. The maximum absolute atomic E-state index is 4.73. The summed E-state index contributed by atoms with van der Waals surface area (Å²) in [4.78, 5) is 9.30. The highest BCUT2D eigenvalue weighted by molar-refractivity contribution is 5.80. The van der Waals surface area contributed by atoms with Gasteiger partial charge in [0, 0.05) is 44.5 Å². The van der Waals surface area contributed by atoms with E-state index in [0.29, 0.717) is 0 Å². The van der Waals surface area contributed by atoms with Crippen LogP contribution in [0.15, 0.2) is 41.5 Å². The van der Waals surface area contributed by atoms with Crippen molar-refractivity contribution in [2.24, 2.45) is 5.10 Å². The number of rotatable bonds is 10. The summed E-state index contributed by atoms with van der Waals surface area (Å²) >= 11 is 0. The van der Waals surface area contributed by atoms with Crippen LogP contribution in [0.1, 0.15) is 58.6 Å². The standard InChI is InChI=1S/C22H33N5.C2H6/c1-6-12-27(13-7-2)20-15-21(24-22(16-20)26(5)8-3)25-23-17-19-11-9-10-18(4)14-19;1-2/h9-11,14-17H,6-8,12-13H2,1-5H3,(H,24,25);1-2H3/b23-17+;. The molecule has 0 aliphatic rings. The molecule has 0 bridgehead atoms. The molecule has 0 saturated heterocycles. The maximum Gasteiger partial charge on any atom is 0.150 e. The lowest BCUT2D eigenvalue weighted by molar-refractivity contribution is 0.744. The van der Waals surface area contributed by atoms with Crippen LogP contribution < -0.4 is 15.2 Å². The van der Waals surface area contributed by atoms with Crippen molar-refractivity contribution in [2.45, 2.75) is 54.4 Å². The second-order valence-electron chi connectivity index (χ2n) is 6.85. The summed E-state index contributed by atoms with van der Waals surface area (Å²) < 4.78 is 0. The number of hydrogen-bond acceptors (Lipinski definition) is 5. The quantitative estimate of drug-likeness (QED) is 0.398. The second kappa shape index (κ2) is 13.6. The Morgan fingerprint density at radius 1 is 1.03 bits per heavy atom. The first kappa shape index (κ1) is 24.5. The summed E-state index contributed by atoms with van der Waals surface area (Å²) in [6.07, 6.45) is 4.07. The largest absolute Gasteiger partial charge is 0.371 e. The van der Waals surface area contributed by atoms with Gasteiger partial charge in [0.25, 0.3) is 0 Å². The molecule has 1 aromatic heterocycles. The van der Waals surface area contributed by atoms with Crippen LogP contribution in [-0.2, 0) is 0 Å². The van der Waals surface area contributed by atoms with E-state index in [1.807, 2.05) is 32.2 Å². The van der Waals surface area contributed by atoms with Crippen molar-refractivity contribution in [3.63, 3.8) is 0 Å². The van der Waals surface area contributed by atoms with E-state index in [2.05, 4.69) is 79.3 Å². The lowest BCUT2D eigenvalue weighted by Gasteiger charge is -2.26. The van der Waals surface area contributed by atoms with Gasteiger partial charge in [0.1, 0.15) is 5.82 Å². The predicted molar refractivity (Wildman–Crippen MR) is 130 cm³/mol. The van der Waals surface area contributed by atoms with E-state index >= 15 is 0 Å². The highest BCUT2D eigenvalue weighted by atomic mass is 15.3. The van der Waals surface area contributed by atoms with Gasteiger partial charge >= 0.3 is 0 Å². The smallest absolute Gasteiger partial charge is 0.150 e. The van der Waals surface area contributed by atoms with E-state index in [1.54, 1.807) is 0 Å². The van der Waals surface area contributed by atoms with E-state index in [1.165, 1.54) is 11.3 Å². The molecule has 2 rings (SSSR count). The highest BCUT2D eigenvalue weighted by Gasteiger charge is 2.11. The molecule has 1 aromatic carbocycles. The summed E-state index contributed by atoms with van der Waals surface area (Å²) in [5, 5.41) is 4.40. The molecule has 0 aliphatic carbocycles. The molecule has 29 heavy (non-hydrogen) atoms. The molecule has 0 radical (unpaired) electrons. The van der Waals surface area contributed by atoms with E-state index in [4.69, 9.17) is 4.98 Å². The lowest BCUT2D eigenvalue weighted by Crippen LogP contribution is -2.26. The molecule has 0 unspecified atom stereocenters. The SMILES string of the molecule is CC.CCCN(CCC)c1cc(N/N=C/c2cccc(C)c2)nc(N(C)CC)c1. The van der Waals surface area contributed by atoms with Crippen LogP contribution in [0.5, 0.6) is 0 Å². The first-order valence-electron chi connectivity index (χ1n) is 10.9. The van der Waals surface area contributed by atoms with Crippen molar-refractivity contribution in [1.82, 2.24) is 4.98 Å². The molecule has 0 spiro atoms. The molecule has 5 heteroatoms. The Hall–Kier alpha value is -2.56. The van der Waals surface area contributed by atoms with Crippen molar-refractivity contribution in [2.75, 3.05) is 41.9 Å². The van der Waals surface area contributed by atoms with Crippen LogP contribution in [0, 0.1) is 6.92 Å². The molecule has 0 atom stereocenters. The number of pyridine rings is 1. The minimum Gasteiger partial charge on any atom is -0.371 e. The van der Waals surface area contributed by atoms with Gasteiger partial charge in [0.15, 0.2) is 5.82 Å². The molecule has 1 N–H and O–H groups in total. The Bertz CT molecular complexity index is 736. The predicted octanol–water partition coefficient (Wildman–Crippen LogP) is 5.94. The van der Waals surface area contributed by atoms with Crippen LogP contribution in [0.2, 0.25) is 0 Å². The zero-order valence-corrected chi connectivity index (χ0v) is 19.4. The summed E-state index contributed by atoms with van der Waals surface area (Å²) in [6, 6.07) is 12.5. The van der Waals surface area contributed by atoms with E-state index < -0.39 is 0 Å². The Labute approximate surface area is 177 Å². The average Bonchev–Trinajstić information content (AvgIpc) is 2.74. The molecule has 2 aromatic rings. The third kappa shape index (κ3) is 8.14. The molecule has 5 nitrogen and oxygen atoms in total. The molecule has 0 aliphatic heterocycles. The molecule has 1 heterocycles. The van der Waals surface area contributed by atoms with Gasteiger partial charge in [-0.05, 0) is 32.3 Å². The molecule has 0 fully saturated rings. The van der Waals surface area contributed by atoms with Gasteiger partial charge in [-0.25, -0.2) is 4.98 Å². The van der Waals surface area contributed by atoms with Gasteiger partial charge < -0.3 is 9.80 Å². The van der Waals surface area contributed by atoms with Crippen LogP contribution >= 0.6 is 0 Å². The van der Waals surface area contributed by atoms with Crippen molar-refractivity contribution >= 4 is 23.5 Å². The molecule has 160 valence electrons. The van der Waals surface area contributed by atoms with Crippen LogP contribution in [-0.4, -0.2) is 37.9 Å². The van der Waals surface area contributed by atoms with Gasteiger partial charge in [-0.2, -0.15) is 5.10 Å². The fourth-order valence-electron chi connectivity index (χ4n) is 2.93. The van der Waals surface area contributed by atoms with Crippen molar-refractivity contribution in [3.05, 3.63) is 47.5 Å². The number of nitrogens with one attached hydrogen (secondary N) is 1. The van der Waals surface area contributed by atoms with Crippen molar-refractivity contribution < 1.29 is 0 Å². The van der Waals surface area contributed by atoms with E-state index in [9.17, 15) is 0 Å². The number of hydrogen-bond donors (Lipinski definition) is 1. The lowest BCUT2D eigenvalue weighted by atomic mass is 10.2. The van der Waals surface area contributed by atoms with Crippen LogP contribution in [0.25, 0.3) is 0 Å². The van der Waals surface area contributed by atoms with Gasteiger partial charge in [-0.3, -0.25) is 5.43 Å². The number of aromatic nitrogens is 1. The third-order valence-corrected chi connectivity index (χ3v) is 4.45. The van der Waals surface area contributed by atoms with E-state index in [0.717, 1.165) is 49.7 Å². The van der Waals surface area contributed by atoms with Crippen molar-refractivity contribution in [1.29, 1.82) is 0 Å². The minimum atomic E-state index is 0.768. The Morgan fingerprint density at radius 3 is 2.31 bits per heavy atom. The fourth-order valence-corrected chi connectivity index (χ4v) is 2.93. The number of anilines is 3. The summed E-state index contributed by atoms with van der Waals surface area (Å²) in [6.45, 7) is 15.6. The summed E-state index contributed by atoms with van der Waals surface area (Å²) in [5.41, 5.74) is 6.60. The minimum absolute atomic E-state index is 0.768. The highest BCUT2D eigenvalue weighted by Crippen LogP contribution is 2.25. The van der Waals surface area contributed by atoms with Crippen molar-refractivity contribution in [3.8, 4) is 0 Å². The monoisotopic (exact) mass is 397 g/mol. The average molecular weight is 398 g/mol. The normalized spacial score (nSPS) is 10.4. The number of benzene rings is 1. The first-order chi connectivity index (χ1) is 14.1. The molecule has 0 saturated carbocycles. The van der Waals surface area contributed by atoms with Crippen LogP contribution in [0.4, 0.5) is 17.3 Å². The Morgan fingerprint density at radius 2 is 1.72 bits per heavy atom. The van der Waals surface area contributed by atoms with Gasteiger partial charge in [0.2, 0.25) is 0 Å². The molecular weight excluding hydrogens is 358 g/mol. The van der Waals surface area contributed by atoms with Gasteiger partial charge in [-0.15, -0.1) is 0 Å². The van der Waals surface area contributed by atoms with Gasteiger partial charge in [-0.1, -0.05) is 57.5 Å². The summed E-state index contributed by atoms with van der Waals surface area (Å²) in [7, 11) is 2.07. The Balaban J connectivity index is 0.00000204. The first-order valence-corrected chi connectivity index (χ1v) is 10.9. The van der Waals surface area contributed by atoms with Crippen LogP contribution in [0.3, 0.4) is 0 Å². The number of aryl methyl sites for hydroxylation is 1. The van der Waals surface area contributed by atoms with E-state index in [-0.39, 0.29) is 0 Å². The van der Waals surface area contributed by atoms with Gasteiger partial charge in [0.05, 0.1) is 6.21 Å². The summed E-state index contributed by atoms with van der Waals surface area (Å²) in [5.74, 6) is 1.73. The topological polar surface area (TPSA) is 43.8 Å². The molecular formula is C24H39N5. The zero-order chi connectivity index (χ0) is 21.6. The number of nitrogens with zero attached hydrogens (tertiary/aromatic N) is 4. The number of hydrazone groups is 1. The third-order valence-electron chi connectivity index (χ3n) is 4.45. The second-order valence-corrected chi connectivity index (χ2v) is 6.85. The zero-order valence-electron chi connectivity index (χ0n) is 19.4.